The summed E-state index contributed by atoms with van der Waals surface area (Å²) >= 11 is 0. The van der Waals surface area contributed by atoms with Crippen molar-refractivity contribution in [1.29, 1.82) is 0 Å². The highest BCUT2D eigenvalue weighted by Crippen LogP contribution is 2.36. The first-order valence-corrected chi connectivity index (χ1v) is 7.94. The molecule has 26 heavy (non-hydrogen) atoms. The summed E-state index contributed by atoms with van der Waals surface area (Å²) in [5.41, 5.74) is 3.04. The van der Waals surface area contributed by atoms with Crippen LogP contribution in [0.3, 0.4) is 0 Å². The van der Waals surface area contributed by atoms with Gasteiger partial charge in [0.2, 0.25) is 0 Å². The number of aryl methyl sites for hydroxylation is 1. The summed E-state index contributed by atoms with van der Waals surface area (Å²) in [6.45, 7) is 1.70. The molecule has 0 amide bonds. The molecule has 0 saturated heterocycles. The van der Waals surface area contributed by atoms with Gasteiger partial charge in [-0.05, 0) is 48.9 Å². The first kappa shape index (κ1) is 16.1. The molecule has 132 valence electrons. The van der Waals surface area contributed by atoms with Crippen LogP contribution in [-0.4, -0.2) is 29.6 Å². The Morgan fingerprint density at radius 3 is 2.50 bits per heavy atom. The fourth-order valence-electron chi connectivity index (χ4n) is 2.86. The SMILES string of the molecule is COc1ccc(-c2n[nH]nc2-c2cc3cc(F)c(C)cc3o2)cc1OC. The van der Waals surface area contributed by atoms with E-state index < -0.39 is 0 Å². The lowest BCUT2D eigenvalue weighted by Gasteiger charge is -2.08. The molecule has 0 radical (unpaired) electrons. The number of rotatable bonds is 4. The van der Waals surface area contributed by atoms with Crippen LogP contribution in [0.15, 0.2) is 40.8 Å². The second-order valence-electron chi connectivity index (χ2n) is 5.84. The molecule has 2 heterocycles. The van der Waals surface area contributed by atoms with Crippen molar-refractivity contribution in [3.8, 4) is 34.2 Å². The van der Waals surface area contributed by atoms with Crippen molar-refractivity contribution in [2.45, 2.75) is 6.92 Å². The van der Waals surface area contributed by atoms with E-state index in [2.05, 4.69) is 15.4 Å². The number of nitrogens with zero attached hydrogens (tertiary/aromatic N) is 2. The van der Waals surface area contributed by atoms with Crippen molar-refractivity contribution in [3.63, 3.8) is 0 Å². The van der Waals surface area contributed by atoms with Gasteiger partial charge in [-0.3, -0.25) is 0 Å². The summed E-state index contributed by atoms with van der Waals surface area (Å²) in [5.74, 6) is 1.44. The average molecular weight is 353 g/mol. The second-order valence-corrected chi connectivity index (χ2v) is 5.84. The highest BCUT2D eigenvalue weighted by atomic mass is 19.1. The Morgan fingerprint density at radius 1 is 0.962 bits per heavy atom. The van der Waals surface area contributed by atoms with E-state index in [1.165, 1.54) is 6.07 Å². The summed E-state index contributed by atoms with van der Waals surface area (Å²) in [4.78, 5) is 0. The third-order valence-electron chi connectivity index (χ3n) is 4.24. The molecule has 0 aliphatic carbocycles. The van der Waals surface area contributed by atoms with E-state index in [9.17, 15) is 4.39 Å². The number of H-pyrrole nitrogens is 1. The molecule has 1 N–H and O–H groups in total. The lowest BCUT2D eigenvalue weighted by Crippen LogP contribution is -1.91. The summed E-state index contributed by atoms with van der Waals surface area (Å²) in [6.07, 6.45) is 0. The molecule has 0 bridgehead atoms. The van der Waals surface area contributed by atoms with E-state index in [-0.39, 0.29) is 5.82 Å². The molecule has 4 aromatic rings. The van der Waals surface area contributed by atoms with Crippen molar-refractivity contribution in [3.05, 3.63) is 47.8 Å². The Hall–Kier alpha value is -3.35. The first-order chi connectivity index (χ1) is 12.6. The summed E-state index contributed by atoms with van der Waals surface area (Å²) in [7, 11) is 3.15. The Bertz CT molecular complexity index is 1060. The van der Waals surface area contributed by atoms with Crippen molar-refractivity contribution < 1.29 is 18.3 Å². The number of aromatic nitrogens is 3. The summed E-state index contributed by atoms with van der Waals surface area (Å²) < 4.78 is 30.3. The molecule has 0 aliphatic rings. The van der Waals surface area contributed by atoms with Gasteiger partial charge in [0, 0.05) is 10.9 Å². The van der Waals surface area contributed by atoms with E-state index in [1.807, 2.05) is 12.1 Å². The van der Waals surface area contributed by atoms with Crippen LogP contribution in [0.1, 0.15) is 5.56 Å². The number of benzene rings is 2. The molecule has 0 fully saturated rings. The number of hydrogen-bond acceptors (Lipinski definition) is 5. The van der Waals surface area contributed by atoms with Crippen molar-refractivity contribution >= 4 is 11.0 Å². The predicted molar refractivity (Wildman–Crippen MR) is 94.8 cm³/mol. The van der Waals surface area contributed by atoms with Crippen molar-refractivity contribution in [2.24, 2.45) is 0 Å². The van der Waals surface area contributed by atoms with Crippen molar-refractivity contribution in [1.82, 2.24) is 15.4 Å². The highest BCUT2D eigenvalue weighted by Gasteiger charge is 2.18. The normalized spacial score (nSPS) is 11.1. The van der Waals surface area contributed by atoms with Crippen LogP contribution in [0, 0.1) is 12.7 Å². The first-order valence-electron chi connectivity index (χ1n) is 7.94. The van der Waals surface area contributed by atoms with Gasteiger partial charge in [0.15, 0.2) is 23.0 Å². The molecular formula is C19H16FN3O3. The quantitative estimate of drug-likeness (QED) is 0.590. The Kier molecular flexibility index (Phi) is 3.84. The van der Waals surface area contributed by atoms with E-state index in [4.69, 9.17) is 13.9 Å². The van der Waals surface area contributed by atoms with Crippen LogP contribution in [0.25, 0.3) is 33.7 Å². The molecule has 7 heteroatoms. The van der Waals surface area contributed by atoms with Gasteiger partial charge >= 0.3 is 0 Å². The van der Waals surface area contributed by atoms with E-state index in [1.54, 1.807) is 39.3 Å². The molecule has 2 aromatic carbocycles. The minimum absolute atomic E-state index is 0.273. The largest absolute Gasteiger partial charge is 0.493 e. The molecule has 0 atom stereocenters. The number of fused-ring (bicyclic) bond motifs is 1. The molecule has 0 aliphatic heterocycles. The summed E-state index contributed by atoms with van der Waals surface area (Å²) in [5, 5.41) is 11.7. The molecular weight excluding hydrogens is 337 g/mol. The Morgan fingerprint density at radius 2 is 1.73 bits per heavy atom. The maximum Gasteiger partial charge on any atom is 0.161 e. The highest BCUT2D eigenvalue weighted by molar-refractivity contribution is 5.86. The standard InChI is InChI=1S/C19H16FN3O3/c1-10-6-15-12(7-13(10)20)9-17(26-15)19-18(21-23-22-19)11-4-5-14(24-2)16(8-11)25-3/h4-9H,1-3H3,(H,21,22,23). The van der Waals surface area contributed by atoms with Gasteiger partial charge in [-0.25, -0.2) is 4.39 Å². The zero-order chi connectivity index (χ0) is 18.3. The van der Waals surface area contributed by atoms with Crippen LogP contribution in [0.2, 0.25) is 0 Å². The molecule has 0 unspecified atom stereocenters. The maximum atomic E-state index is 13.8. The lowest BCUT2D eigenvalue weighted by atomic mass is 10.1. The minimum Gasteiger partial charge on any atom is -0.493 e. The fourth-order valence-corrected chi connectivity index (χ4v) is 2.86. The number of halogens is 1. The number of nitrogens with one attached hydrogen (secondary N) is 1. The number of aromatic amines is 1. The van der Waals surface area contributed by atoms with E-state index in [0.29, 0.717) is 45.2 Å². The van der Waals surface area contributed by atoms with Crippen LogP contribution < -0.4 is 9.47 Å². The van der Waals surface area contributed by atoms with Gasteiger partial charge in [-0.15, -0.1) is 0 Å². The summed E-state index contributed by atoms with van der Waals surface area (Å²) in [6, 6.07) is 10.3. The van der Waals surface area contributed by atoms with E-state index >= 15 is 0 Å². The van der Waals surface area contributed by atoms with Gasteiger partial charge in [0.05, 0.1) is 14.2 Å². The van der Waals surface area contributed by atoms with Gasteiger partial charge in [-0.2, -0.15) is 15.4 Å². The molecule has 0 saturated carbocycles. The van der Waals surface area contributed by atoms with Crippen molar-refractivity contribution in [2.75, 3.05) is 14.2 Å². The zero-order valence-electron chi connectivity index (χ0n) is 14.5. The Labute approximate surface area is 148 Å². The monoisotopic (exact) mass is 353 g/mol. The van der Waals surface area contributed by atoms with Gasteiger partial charge in [-0.1, -0.05) is 0 Å². The maximum absolute atomic E-state index is 13.8. The smallest absolute Gasteiger partial charge is 0.161 e. The van der Waals surface area contributed by atoms with Crippen LogP contribution in [-0.2, 0) is 0 Å². The fraction of sp³-hybridized carbons (Fsp3) is 0.158. The van der Waals surface area contributed by atoms with Gasteiger partial charge in [0.1, 0.15) is 17.1 Å². The number of ether oxygens (including phenoxy) is 2. The Balaban J connectivity index is 1.83. The second kappa shape index (κ2) is 6.18. The van der Waals surface area contributed by atoms with Gasteiger partial charge < -0.3 is 13.9 Å². The predicted octanol–water partition coefficient (Wildman–Crippen LogP) is 4.35. The zero-order valence-corrected chi connectivity index (χ0v) is 14.5. The third kappa shape index (κ3) is 2.57. The third-order valence-corrected chi connectivity index (χ3v) is 4.24. The molecule has 6 nitrogen and oxygen atoms in total. The number of hydrogen-bond donors (Lipinski definition) is 1. The molecule has 0 spiro atoms. The van der Waals surface area contributed by atoms with Crippen LogP contribution in [0.4, 0.5) is 4.39 Å². The van der Waals surface area contributed by atoms with E-state index in [0.717, 1.165) is 5.56 Å². The number of furan rings is 1. The van der Waals surface area contributed by atoms with Crippen LogP contribution >= 0.6 is 0 Å². The molecule has 4 rings (SSSR count). The number of methoxy groups -OCH3 is 2. The average Bonchev–Trinajstić information content (AvgIpc) is 3.28. The minimum atomic E-state index is -0.273. The van der Waals surface area contributed by atoms with Crippen LogP contribution in [0.5, 0.6) is 11.5 Å². The lowest BCUT2D eigenvalue weighted by molar-refractivity contribution is 0.355. The van der Waals surface area contributed by atoms with Gasteiger partial charge in [0.25, 0.3) is 0 Å². The topological polar surface area (TPSA) is 73.2 Å². The molecule has 2 aromatic heterocycles.